The molecule has 0 atom stereocenters. The monoisotopic (exact) mass is 309 g/mol. The summed E-state index contributed by atoms with van der Waals surface area (Å²) in [6.45, 7) is -0.215. The highest BCUT2D eigenvalue weighted by Crippen LogP contribution is 2.17. The van der Waals surface area contributed by atoms with Crippen LogP contribution in [0.15, 0.2) is 18.5 Å². The smallest absolute Gasteiger partial charge is 0.452 e. The van der Waals surface area contributed by atoms with E-state index in [0.717, 1.165) is 10.2 Å². The highest BCUT2D eigenvalue weighted by molar-refractivity contribution is 7.73. The second-order valence-electron chi connectivity index (χ2n) is 3.61. The third-order valence-electron chi connectivity index (χ3n) is 2.23. The molecule has 9 heteroatoms. The van der Waals surface area contributed by atoms with Gasteiger partial charge in [-0.25, -0.2) is 4.79 Å². The van der Waals surface area contributed by atoms with Crippen LogP contribution in [0, 0.1) is 3.95 Å². The highest BCUT2D eigenvalue weighted by Gasteiger charge is 2.40. The summed E-state index contributed by atoms with van der Waals surface area (Å²) in [6, 6.07) is 1.79. The fourth-order valence-electron chi connectivity index (χ4n) is 1.41. The van der Waals surface area contributed by atoms with E-state index in [2.05, 4.69) is 9.72 Å². The SMILES string of the molecule is O=C(OCC[n+]1ccc2sc(=S)[nH]c2c1)C(F)(F)F. The summed E-state index contributed by atoms with van der Waals surface area (Å²) < 4.78 is 43.0. The van der Waals surface area contributed by atoms with Crippen molar-refractivity contribution in [3.63, 3.8) is 0 Å². The number of carbonyl (C=O) groups excluding carboxylic acids is 1. The van der Waals surface area contributed by atoms with Crippen LogP contribution in [0.2, 0.25) is 0 Å². The first kappa shape index (κ1) is 13.9. The normalized spacial score (nSPS) is 11.7. The number of fused-ring (bicyclic) bond motifs is 1. The Morgan fingerprint density at radius 3 is 2.95 bits per heavy atom. The Kier molecular flexibility index (Phi) is 3.85. The number of nitrogens with one attached hydrogen (secondary N) is 1. The third-order valence-corrected chi connectivity index (χ3v) is 3.45. The van der Waals surface area contributed by atoms with Crippen molar-refractivity contribution >= 4 is 39.7 Å². The van der Waals surface area contributed by atoms with Crippen molar-refractivity contribution in [1.82, 2.24) is 4.98 Å². The molecule has 0 aromatic carbocycles. The van der Waals surface area contributed by atoms with Crippen LogP contribution >= 0.6 is 23.6 Å². The first-order valence-electron chi connectivity index (χ1n) is 5.12. The largest absolute Gasteiger partial charge is 0.490 e. The van der Waals surface area contributed by atoms with Gasteiger partial charge in [-0.05, 0) is 12.2 Å². The Hall–Kier alpha value is -1.48. The molecule has 0 amide bonds. The number of carbonyl (C=O) groups is 1. The Labute approximate surface area is 114 Å². The summed E-state index contributed by atoms with van der Waals surface area (Å²) in [7, 11) is 0. The number of alkyl halides is 3. The molecule has 0 aliphatic carbocycles. The summed E-state index contributed by atoms with van der Waals surface area (Å²) in [5.41, 5.74) is 0.791. The van der Waals surface area contributed by atoms with Crippen LogP contribution in [0.3, 0.4) is 0 Å². The number of nitrogens with zero attached hydrogens (tertiary/aromatic N) is 1. The quantitative estimate of drug-likeness (QED) is 0.538. The summed E-state index contributed by atoms with van der Waals surface area (Å²) in [6.07, 6.45) is -1.57. The predicted octanol–water partition coefficient (Wildman–Crippen LogP) is 2.35. The van der Waals surface area contributed by atoms with E-state index < -0.39 is 12.1 Å². The molecule has 0 saturated heterocycles. The topological polar surface area (TPSA) is 46.0 Å². The highest BCUT2D eigenvalue weighted by atomic mass is 32.1. The molecule has 0 fully saturated rings. The molecule has 1 N–H and O–H groups in total. The number of H-pyrrole nitrogens is 1. The Morgan fingerprint density at radius 1 is 1.53 bits per heavy atom. The van der Waals surface area contributed by atoms with Gasteiger partial charge in [0.25, 0.3) is 0 Å². The van der Waals surface area contributed by atoms with Gasteiger partial charge in [0.05, 0.1) is 4.70 Å². The van der Waals surface area contributed by atoms with Crippen LogP contribution in [0.1, 0.15) is 0 Å². The Balaban J connectivity index is 1.98. The third kappa shape index (κ3) is 3.51. The molecule has 0 saturated carbocycles. The van der Waals surface area contributed by atoms with Gasteiger partial charge in [0.15, 0.2) is 29.5 Å². The van der Waals surface area contributed by atoms with Gasteiger partial charge in [0, 0.05) is 6.07 Å². The van der Waals surface area contributed by atoms with E-state index in [1.807, 2.05) is 0 Å². The molecule has 0 aliphatic heterocycles. The van der Waals surface area contributed by atoms with E-state index >= 15 is 0 Å². The van der Waals surface area contributed by atoms with Crippen LogP contribution in [0.4, 0.5) is 13.2 Å². The molecule has 0 spiro atoms. The maximum absolute atomic E-state index is 11.9. The fraction of sp³-hybridized carbons (Fsp3) is 0.300. The summed E-state index contributed by atoms with van der Waals surface area (Å²) in [5, 5.41) is 0. The second-order valence-corrected chi connectivity index (χ2v) is 5.33. The maximum atomic E-state index is 11.9. The lowest BCUT2D eigenvalue weighted by molar-refractivity contribution is -0.696. The van der Waals surface area contributed by atoms with Crippen molar-refractivity contribution in [3.05, 3.63) is 22.4 Å². The molecule has 0 bridgehead atoms. The average molecular weight is 309 g/mol. The predicted molar refractivity (Wildman–Crippen MR) is 64.2 cm³/mol. The van der Waals surface area contributed by atoms with Gasteiger partial charge in [-0.2, -0.15) is 17.7 Å². The number of aromatic nitrogens is 2. The van der Waals surface area contributed by atoms with Crippen molar-refractivity contribution in [3.8, 4) is 0 Å². The van der Waals surface area contributed by atoms with Gasteiger partial charge in [0.2, 0.25) is 0 Å². The number of hydrogen-bond acceptors (Lipinski definition) is 4. The van der Waals surface area contributed by atoms with Crippen LogP contribution in [0.5, 0.6) is 0 Å². The van der Waals surface area contributed by atoms with Crippen molar-refractivity contribution in [2.45, 2.75) is 12.7 Å². The number of esters is 1. The maximum Gasteiger partial charge on any atom is 0.490 e. The summed E-state index contributed by atoms with van der Waals surface area (Å²) >= 11 is 6.38. The van der Waals surface area contributed by atoms with Crippen LogP contribution in [-0.4, -0.2) is 23.7 Å². The van der Waals surface area contributed by atoms with Crippen molar-refractivity contribution in [1.29, 1.82) is 0 Å². The van der Waals surface area contributed by atoms with Gasteiger partial charge in [-0.1, -0.05) is 0 Å². The van der Waals surface area contributed by atoms with Gasteiger partial charge < -0.3 is 9.72 Å². The zero-order chi connectivity index (χ0) is 14.0. The van der Waals surface area contributed by atoms with E-state index in [1.54, 1.807) is 23.0 Å². The van der Waals surface area contributed by atoms with Gasteiger partial charge >= 0.3 is 12.1 Å². The van der Waals surface area contributed by atoms with E-state index in [9.17, 15) is 18.0 Å². The zero-order valence-corrected chi connectivity index (χ0v) is 11.0. The lowest BCUT2D eigenvalue weighted by Crippen LogP contribution is -2.37. The molecule has 2 aromatic rings. The molecular weight excluding hydrogens is 301 g/mol. The van der Waals surface area contributed by atoms with Crippen LogP contribution < -0.4 is 4.57 Å². The minimum atomic E-state index is -4.95. The second kappa shape index (κ2) is 5.25. The van der Waals surface area contributed by atoms with E-state index in [4.69, 9.17) is 12.2 Å². The first-order valence-corrected chi connectivity index (χ1v) is 6.34. The number of thiazole rings is 1. The molecule has 2 heterocycles. The number of halogens is 3. The molecule has 0 radical (unpaired) electrons. The Bertz CT molecular complexity index is 663. The van der Waals surface area contributed by atoms with Crippen molar-refractivity contribution < 1.29 is 27.3 Å². The van der Waals surface area contributed by atoms with Gasteiger partial charge in [-0.3, -0.25) is 0 Å². The molecule has 2 rings (SSSR count). The number of aromatic amines is 1. The molecule has 2 aromatic heterocycles. The lowest BCUT2D eigenvalue weighted by atomic mass is 10.4. The molecule has 4 nitrogen and oxygen atoms in total. The van der Waals surface area contributed by atoms with E-state index in [1.165, 1.54) is 11.3 Å². The number of rotatable bonds is 3. The summed E-state index contributed by atoms with van der Waals surface area (Å²) in [4.78, 5) is 13.4. The standard InChI is InChI=1S/C10H7F3N2O2S2/c11-10(12,13)8(16)17-4-3-15-2-1-7-6(5-15)14-9(18)19-7/h1-2,5H,3-4H2/p+1. The van der Waals surface area contributed by atoms with Gasteiger partial charge in [-0.15, -0.1) is 11.3 Å². The fourth-order valence-corrected chi connectivity index (χ4v) is 2.49. The van der Waals surface area contributed by atoms with Crippen molar-refractivity contribution in [2.24, 2.45) is 0 Å². The minimum Gasteiger partial charge on any atom is -0.452 e. The van der Waals surface area contributed by atoms with Gasteiger partial charge in [0.1, 0.15) is 5.52 Å². The molecule has 0 aliphatic rings. The zero-order valence-electron chi connectivity index (χ0n) is 9.36. The van der Waals surface area contributed by atoms with Crippen LogP contribution in [-0.2, 0) is 16.1 Å². The molecule has 0 unspecified atom stereocenters. The lowest BCUT2D eigenvalue weighted by Gasteiger charge is -2.05. The van der Waals surface area contributed by atoms with Crippen LogP contribution in [0.25, 0.3) is 10.2 Å². The first-order chi connectivity index (χ1) is 8.86. The Morgan fingerprint density at radius 2 is 2.26 bits per heavy atom. The number of hydrogen-bond donors (Lipinski definition) is 1. The van der Waals surface area contributed by atoms with Crippen molar-refractivity contribution in [2.75, 3.05) is 6.61 Å². The molecule has 19 heavy (non-hydrogen) atoms. The van der Waals surface area contributed by atoms with E-state index in [0.29, 0.717) is 3.95 Å². The minimum absolute atomic E-state index is 0.133. The molecule has 102 valence electrons. The van der Waals surface area contributed by atoms with E-state index in [-0.39, 0.29) is 13.2 Å². The number of pyridine rings is 1. The average Bonchev–Trinajstić information content (AvgIpc) is 2.67. The summed E-state index contributed by atoms with van der Waals surface area (Å²) in [5.74, 6) is -2.18. The molecular formula is C10H8F3N2O2S2+. The number of ether oxygens (including phenoxy) is 1.